The molecule has 1 fully saturated rings. The Morgan fingerprint density at radius 1 is 1.65 bits per heavy atom. The first-order chi connectivity index (χ1) is 8.25. The lowest BCUT2D eigenvalue weighted by atomic mass is 9.92. The van der Waals surface area contributed by atoms with Gasteiger partial charge < -0.3 is 10.2 Å². The first kappa shape index (κ1) is 13.0. The van der Waals surface area contributed by atoms with Gasteiger partial charge in [-0.05, 0) is 39.3 Å². The van der Waals surface area contributed by atoms with Gasteiger partial charge in [0, 0.05) is 30.9 Å². The molecule has 1 aromatic heterocycles. The molecule has 1 aromatic rings. The standard InChI is InChI=1S/C13H23N3S/c1-11(12-4-3-7-16(2)8-12)14-6-5-13-9-17-10-15-13/h9-12,14H,3-8H2,1-2H3. The van der Waals surface area contributed by atoms with Gasteiger partial charge in [0.15, 0.2) is 0 Å². The molecular formula is C13H23N3S. The fourth-order valence-corrected chi connectivity index (χ4v) is 3.16. The van der Waals surface area contributed by atoms with Crippen molar-refractivity contribution in [1.82, 2.24) is 15.2 Å². The third-order valence-corrected chi connectivity index (χ3v) is 4.33. The minimum absolute atomic E-state index is 0.622. The summed E-state index contributed by atoms with van der Waals surface area (Å²) in [5, 5.41) is 5.79. The molecule has 0 aromatic carbocycles. The molecule has 0 amide bonds. The van der Waals surface area contributed by atoms with Crippen molar-refractivity contribution in [2.75, 3.05) is 26.7 Å². The Bertz CT molecular complexity index is 312. The van der Waals surface area contributed by atoms with E-state index in [0.29, 0.717) is 6.04 Å². The van der Waals surface area contributed by atoms with Gasteiger partial charge in [0.1, 0.15) is 0 Å². The number of rotatable bonds is 5. The second-order valence-corrected chi connectivity index (χ2v) is 5.86. The summed E-state index contributed by atoms with van der Waals surface area (Å²) in [6.07, 6.45) is 3.77. The highest BCUT2D eigenvalue weighted by Crippen LogP contribution is 2.18. The molecule has 96 valence electrons. The van der Waals surface area contributed by atoms with Crippen molar-refractivity contribution in [2.45, 2.75) is 32.2 Å². The molecule has 0 aliphatic carbocycles. The zero-order valence-electron chi connectivity index (χ0n) is 10.9. The number of hydrogen-bond acceptors (Lipinski definition) is 4. The van der Waals surface area contributed by atoms with E-state index in [1.54, 1.807) is 11.3 Å². The molecule has 0 radical (unpaired) electrons. The van der Waals surface area contributed by atoms with Gasteiger partial charge in [-0.1, -0.05) is 0 Å². The average molecular weight is 253 g/mol. The lowest BCUT2D eigenvalue weighted by Gasteiger charge is -2.34. The minimum Gasteiger partial charge on any atom is -0.314 e. The van der Waals surface area contributed by atoms with Crippen LogP contribution >= 0.6 is 11.3 Å². The van der Waals surface area contributed by atoms with E-state index in [4.69, 9.17) is 0 Å². The number of nitrogens with one attached hydrogen (secondary N) is 1. The van der Waals surface area contributed by atoms with Crippen LogP contribution in [0.5, 0.6) is 0 Å². The Morgan fingerprint density at radius 3 is 3.24 bits per heavy atom. The van der Waals surface area contributed by atoms with Crippen LogP contribution in [0.15, 0.2) is 10.9 Å². The molecule has 2 rings (SSSR count). The summed E-state index contributed by atoms with van der Waals surface area (Å²) in [5.74, 6) is 0.809. The Kier molecular flexibility index (Phi) is 4.95. The molecule has 1 aliphatic rings. The van der Waals surface area contributed by atoms with Crippen LogP contribution in [-0.2, 0) is 6.42 Å². The molecule has 1 aliphatic heterocycles. The monoisotopic (exact) mass is 253 g/mol. The van der Waals surface area contributed by atoms with E-state index in [1.807, 2.05) is 5.51 Å². The maximum absolute atomic E-state index is 4.31. The van der Waals surface area contributed by atoms with Crippen LogP contribution < -0.4 is 5.32 Å². The first-order valence-corrected chi connectivity index (χ1v) is 7.49. The van der Waals surface area contributed by atoms with Crippen LogP contribution in [0.25, 0.3) is 0 Å². The quantitative estimate of drug-likeness (QED) is 0.870. The van der Waals surface area contributed by atoms with Crippen LogP contribution in [0, 0.1) is 5.92 Å². The van der Waals surface area contributed by atoms with Gasteiger partial charge in [-0.25, -0.2) is 4.98 Å². The largest absolute Gasteiger partial charge is 0.314 e. The van der Waals surface area contributed by atoms with Crippen molar-refractivity contribution in [3.8, 4) is 0 Å². The molecule has 2 atom stereocenters. The first-order valence-electron chi connectivity index (χ1n) is 6.54. The van der Waals surface area contributed by atoms with Gasteiger partial charge >= 0.3 is 0 Å². The minimum atomic E-state index is 0.622. The summed E-state index contributed by atoms with van der Waals surface area (Å²) in [6.45, 7) is 5.88. The highest BCUT2D eigenvalue weighted by Gasteiger charge is 2.22. The lowest BCUT2D eigenvalue weighted by molar-refractivity contribution is 0.179. The second-order valence-electron chi connectivity index (χ2n) is 5.14. The molecule has 2 unspecified atom stereocenters. The highest BCUT2D eigenvalue weighted by atomic mass is 32.1. The third kappa shape index (κ3) is 4.05. The SMILES string of the molecule is CC(NCCc1cscn1)C1CCCN(C)C1. The smallest absolute Gasteiger partial charge is 0.0794 e. The van der Waals surface area contributed by atoms with Crippen LogP contribution in [-0.4, -0.2) is 42.6 Å². The molecule has 4 heteroatoms. The van der Waals surface area contributed by atoms with E-state index in [2.05, 4.69) is 34.6 Å². The predicted molar refractivity (Wildman–Crippen MR) is 73.5 cm³/mol. The maximum atomic E-state index is 4.31. The predicted octanol–water partition coefficient (Wildman–Crippen LogP) is 2.01. The summed E-state index contributed by atoms with van der Waals surface area (Å²) < 4.78 is 0. The van der Waals surface area contributed by atoms with Crippen LogP contribution in [0.2, 0.25) is 0 Å². The Balaban J connectivity index is 1.68. The number of piperidine rings is 1. The van der Waals surface area contributed by atoms with Crippen molar-refractivity contribution >= 4 is 11.3 Å². The van der Waals surface area contributed by atoms with Crippen molar-refractivity contribution in [3.63, 3.8) is 0 Å². The molecular weight excluding hydrogens is 230 g/mol. The van der Waals surface area contributed by atoms with Gasteiger partial charge in [-0.2, -0.15) is 0 Å². The van der Waals surface area contributed by atoms with Crippen molar-refractivity contribution in [1.29, 1.82) is 0 Å². The van der Waals surface area contributed by atoms with Crippen LogP contribution in [0.1, 0.15) is 25.5 Å². The molecule has 0 bridgehead atoms. The fraction of sp³-hybridized carbons (Fsp3) is 0.769. The molecule has 1 N–H and O–H groups in total. The van der Waals surface area contributed by atoms with Gasteiger partial charge in [-0.3, -0.25) is 0 Å². The number of nitrogens with zero attached hydrogens (tertiary/aromatic N) is 2. The number of likely N-dealkylation sites (tertiary alicyclic amines) is 1. The summed E-state index contributed by atoms with van der Waals surface area (Å²) in [7, 11) is 2.23. The van der Waals surface area contributed by atoms with E-state index >= 15 is 0 Å². The maximum Gasteiger partial charge on any atom is 0.0794 e. The van der Waals surface area contributed by atoms with Crippen molar-refractivity contribution in [3.05, 3.63) is 16.6 Å². The number of thiazole rings is 1. The van der Waals surface area contributed by atoms with Gasteiger partial charge in [-0.15, -0.1) is 11.3 Å². The van der Waals surface area contributed by atoms with Gasteiger partial charge in [0.25, 0.3) is 0 Å². The molecule has 0 spiro atoms. The summed E-state index contributed by atoms with van der Waals surface area (Å²) in [6, 6.07) is 0.622. The van der Waals surface area contributed by atoms with Crippen LogP contribution in [0.3, 0.4) is 0 Å². The second kappa shape index (κ2) is 6.47. The Morgan fingerprint density at radius 2 is 2.53 bits per heavy atom. The van der Waals surface area contributed by atoms with Crippen molar-refractivity contribution in [2.24, 2.45) is 5.92 Å². The zero-order chi connectivity index (χ0) is 12.1. The Labute approximate surface area is 108 Å². The van der Waals surface area contributed by atoms with Gasteiger partial charge in [0.05, 0.1) is 11.2 Å². The van der Waals surface area contributed by atoms with E-state index in [0.717, 1.165) is 18.9 Å². The lowest BCUT2D eigenvalue weighted by Crippen LogP contribution is -2.43. The van der Waals surface area contributed by atoms with Crippen molar-refractivity contribution < 1.29 is 0 Å². The molecule has 3 nitrogen and oxygen atoms in total. The summed E-state index contributed by atoms with van der Waals surface area (Å²) >= 11 is 1.68. The van der Waals surface area contributed by atoms with Gasteiger partial charge in [0.2, 0.25) is 0 Å². The zero-order valence-corrected chi connectivity index (χ0v) is 11.7. The molecule has 17 heavy (non-hydrogen) atoms. The topological polar surface area (TPSA) is 28.2 Å². The van der Waals surface area contributed by atoms with E-state index in [9.17, 15) is 0 Å². The normalized spacial score (nSPS) is 23.8. The number of aromatic nitrogens is 1. The van der Waals surface area contributed by atoms with E-state index < -0.39 is 0 Å². The average Bonchev–Trinajstić information content (AvgIpc) is 2.82. The fourth-order valence-electron chi connectivity index (χ4n) is 2.57. The highest BCUT2D eigenvalue weighted by molar-refractivity contribution is 7.07. The molecule has 0 saturated carbocycles. The third-order valence-electron chi connectivity index (χ3n) is 3.70. The summed E-state index contributed by atoms with van der Waals surface area (Å²) in [4.78, 5) is 6.76. The van der Waals surface area contributed by atoms with E-state index in [1.165, 1.54) is 31.6 Å². The van der Waals surface area contributed by atoms with E-state index in [-0.39, 0.29) is 0 Å². The molecule has 2 heterocycles. The summed E-state index contributed by atoms with van der Waals surface area (Å²) in [5.41, 5.74) is 3.13. The molecule has 1 saturated heterocycles. The Hall–Kier alpha value is -0.450. The number of hydrogen-bond donors (Lipinski definition) is 1. The van der Waals surface area contributed by atoms with Crippen LogP contribution in [0.4, 0.5) is 0 Å².